The Balaban J connectivity index is 2.73. The first-order chi connectivity index (χ1) is 7.61. The molecular formula is C11H13ClN4. The SMILES string of the molecule is CC(C)c1nc(NN)c2cc(Cl)ccc2n1. The molecule has 0 atom stereocenters. The molecule has 0 spiro atoms. The van der Waals surface area contributed by atoms with Gasteiger partial charge >= 0.3 is 0 Å². The maximum atomic E-state index is 5.93. The van der Waals surface area contributed by atoms with E-state index in [1.54, 1.807) is 12.1 Å². The van der Waals surface area contributed by atoms with Crippen LogP contribution in [0.25, 0.3) is 10.9 Å². The van der Waals surface area contributed by atoms with Crippen LogP contribution in [-0.2, 0) is 0 Å². The Kier molecular flexibility index (Phi) is 2.94. The van der Waals surface area contributed by atoms with Gasteiger partial charge in [-0.3, -0.25) is 0 Å². The van der Waals surface area contributed by atoms with Gasteiger partial charge in [-0.2, -0.15) is 0 Å². The zero-order valence-corrected chi connectivity index (χ0v) is 9.92. The molecule has 1 aromatic heterocycles. The summed E-state index contributed by atoms with van der Waals surface area (Å²) in [6.07, 6.45) is 0. The number of halogens is 1. The van der Waals surface area contributed by atoms with Crippen molar-refractivity contribution in [1.29, 1.82) is 0 Å². The summed E-state index contributed by atoms with van der Waals surface area (Å²) in [5.41, 5.74) is 3.43. The number of hydrogen-bond donors (Lipinski definition) is 2. The smallest absolute Gasteiger partial charge is 0.151 e. The van der Waals surface area contributed by atoms with Crippen molar-refractivity contribution in [2.24, 2.45) is 5.84 Å². The number of fused-ring (bicyclic) bond motifs is 1. The Morgan fingerprint density at radius 3 is 2.69 bits per heavy atom. The summed E-state index contributed by atoms with van der Waals surface area (Å²) in [5.74, 6) is 7.08. The molecule has 0 unspecified atom stereocenters. The van der Waals surface area contributed by atoms with E-state index in [1.165, 1.54) is 0 Å². The Labute approximate surface area is 98.8 Å². The average Bonchev–Trinajstić information content (AvgIpc) is 2.27. The summed E-state index contributed by atoms with van der Waals surface area (Å²) in [6, 6.07) is 5.48. The molecule has 0 radical (unpaired) electrons. The van der Waals surface area contributed by atoms with Crippen LogP contribution in [-0.4, -0.2) is 9.97 Å². The molecule has 0 aliphatic heterocycles. The van der Waals surface area contributed by atoms with Gasteiger partial charge in [0, 0.05) is 16.3 Å². The van der Waals surface area contributed by atoms with Crippen molar-refractivity contribution in [2.75, 3.05) is 5.43 Å². The Bertz CT molecular complexity index is 525. The summed E-state index contributed by atoms with van der Waals surface area (Å²) >= 11 is 5.93. The van der Waals surface area contributed by atoms with Crippen LogP contribution in [0.2, 0.25) is 5.02 Å². The minimum atomic E-state index is 0.257. The molecule has 84 valence electrons. The van der Waals surface area contributed by atoms with Gasteiger partial charge in [0.25, 0.3) is 0 Å². The van der Waals surface area contributed by atoms with Crippen molar-refractivity contribution in [3.8, 4) is 0 Å². The first kappa shape index (κ1) is 11.1. The fourth-order valence-electron chi connectivity index (χ4n) is 1.49. The molecule has 2 aromatic rings. The molecule has 0 aliphatic carbocycles. The van der Waals surface area contributed by atoms with Crippen molar-refractivity contribution in [1.82, 2.24) is 9.97 Å². The lowest BCUT2D eigenvalue weighted by Crippen LogP contribution is -2.11. The first-order valence-electron chi connectivity index (χ1n) is 5.05. The fourth-order valence-corrected chi connectivity index (χ4v) is 1.66. The number of aromatic nitrogens is 2. The third kappa shape index (κ3) is 1.94. The summed E-state index contributed by atoms with van der Waals surface area (Å²) in [6.45, 7) is 4.08. The van der Waals surface area contributed by atoms with Gasteiger partial charge in [0.15, 0.2) is 5.82 Å². The quantitative estimate of drug-likeness (QED) is 0.622. The van der Waals surface area contributed by atoms with Crippen molar-refractivity contribution < 1.29 is 0 Å². The van der Waals surface area contributed by atoms with Gasteiger partial charge in [0.05, 0.1) is 5.52 Å². The van der Waals surface area contributed by atoms with E-state index in [4.69, 9.17) is 17.4 Å². The van der Waals surface area contributed by atoms with Crippen LogP contribution in [0.15, 0.2) is 18.2 Å². The van der Waals surface area contributed by atoms with Crippen molar-refractivity contribution in [3.63, 3.8) is 0 Å². The molecule has 0 amide bonds. The number of anilines is 1. The number of nitrogens with two attached hydrogens (primary N) is 1. The van der Waals surface area contributed by atoms with E-state index in [0.29, 0.717) is 10.8 Å². The molecule has 1 aromatic carbocycles. The molecule has 16 heavy (non-hydrogen) atoms. The van der Waals surface area contributed by atoms with Crippen LogP contribution in [0.5, 0.6) is 0 Å². The molecule has 3 N–H and O–H groups in total. The van der Waals surface area contributed by atoms with E-state index in [0.717, 1.165) is 16.7 Å². The topological polar surface area (TPSA) is 63.8 Å². The van der Waals surface area contributed by atoms with E-state index in [9.17, 15) is 0 Å². The van der Waals surface area contributed by atoms with Crippen LogP contribution in [0, 0.1) is 0 Å². The summed E-state index contributed by atoms with van der Waals surface area (Å²) in [4.78, 5) is 8.81. The second kappa shape index (κ2) is 4.23. The molecule has 0 bridgehead atoms. The minimum Gasteiger partial charge on any atom is -0.308 e. The van der Waals surface area contributed by atoms with E-state index in [2.05, 4.69) is 15.4 Å². The van der Waals surface area contributed by atoms with Crippen molar-refractivity contribution in [3.05, 3.63) is 29.0 Å². The first-order valence-corrected chi connectivity index (χ1v) is 5.43. The lowest BCUT2D eigenvalue weighted by Gasteiger charge is -2.09. The third-order valence-electron chi connectivity index (χ3n) is 2.33. The highest BCUT2D eigenvalue weighted by Gasteiger charge is 2.09. The number of hydrazine groups is 1. The highest BCUT2D eigenvalue weighted by Crippen LogP contribution is 2.25. The van der Waals surface area contributed by atoms with Crippen LogP contribution >= 0.6 is 11.6 Å². The zero-order valence-electron chi connectivity index (χ0n) is 9.16. The van der Waals surface area contributed by atoms with Crippen LogP contribution < -0.4 is 11.3 Å². The molecule has 4 nitrogen and oxygen atoms in total. The second-order valence-corrected chi connectivity index (χ2v) is 4.33. The molecule has 1 heterocycles. The fraction of sp³-hybridized carbons (Fsp3) is 0.273. The van der Waals surface area contributed by atoms with Gasteiger partial charge < -0.3 is 5.43 Å². The third-order valence-corrected chi connectivity index (χ3v) is 2.56. The standard InChI is InChI=1S/C11H13ClN4/c1-6(2)10-14-9-4-3-7(12)5-8(9)11(15-10)16-13/h3-6H,13H2,1-2H3,(H,14,15,16). The molecule has 0 saturated carbocycles. The number of rotatable bonds is 2. The average molecular weight is 237 g/mol. The van der Waals surface area contributed by atoms with E-state index in [1.807, 2.05) is 19.9 Å². The van der Waals surface area contributed by atoms with Crippen molar-refractivity contribution >= 4 is 28.3 Å². The molecular weight excluding hydrogens is 224 g/mol. The molecule has 0 saturated heterocycles. The molecule has 5 heteroatoms. The number of nitrogens with zero attached hydrogens (tertiary/aromatic N) is 2. The Morgan fingerprint density at radius 2 is 2.06 bits per heavy atom. The summed E-state index contributed by atoms with van der Waals surface area (Å²) in [5, 5.41) is 1.48. The minimum absolute atomic E-state index is 0.257. The number of hydrogen-bond acceptors (Lipinski definition) is 4. The summed E-state index contributed by atoms with van der Waals surface area (Å²) < 4.78 is 0. The normalized spacial score (nSPS) is 11.1. The van der Waals surface area contributed by atoms with Crippen molar-refractivity contribution in [2.45, 2.75) is 19.8 Å². The lowest BCUT2D eigenvalue weighted by molar-refractivity contribution is 0.784. The van der Waals surface area contributed by atoms with E-state index < -0.39 is 0 Å². The predicted octanol–water partition coefficient (Wildman–Crippen LogP) is 2.69. The monoisotopic (exact) mass is 236 g/mol. The molecule has 0 aliphatic rings. The van der Waals surface area contributed by atoms with Gasteiger partial charge in [0.2, 0.25) is 0 Å². The van der Waals surface area contributed by atoms with Crippen LogP contribution in [0.4, 0.5) is 5.82 Å². The largest absolute Gasteiger partial charge is 0.308 e. The van der Waals surface area contributed by atoms with Crippen LogP contribution in [0.3, 0.4) is 0 Å². The van der Waals surface area contributed by atoms with E-state index >= 15 is 0 Å². The van der Waals surface area contributed by atoms with Gasteiger partial charge in [0.1, 0.15) is 5.82 Å². The Hall–Kier alpha value is -1.39. The van der Waals surface area contributed by atoms with Gasteiger partial charge in [-0.15, -0.1) is 0 Å². The maximum absolute atomic E-state index is 5.93. The molecule has 2 rings (SSSR count). The van der Waals surface area contributed by atoms with Gasteiger partial charge in [-0.05, 0) is 18.2 Å². The predicted molar refractivity (Wildman–Crippen MR) is 66.4 cm³/mol. The number of benzene rings is 1. The lowest BCUT2D eigenvalue weighted by atomic mass is 10.2. The highest BCUT2D eigenvalue weighted by molar-refractivity contribution is 6.31. The Morgan fingerprint density at radius 1 is 1.31 bits per heavy atom. The number of nitrogens with one attached hydrogen (secondary N) is 1. The maximum Gasteiger partial charge on any atom is 0.151 e. The number of nitrogen functional groups attached to an aromatic ring is 1. The van der Waals surface area contributed by atoms with Crippen LogP contribution in [0.1, 0.15) is 25.6 Å². The van der Waals surface area contributed by atoms with E-state index in [-0.39, 0.29) is 5.92 Å². The van der Waals surface area contributed by atoms with Gasteiger partial charge in [-0.25, -0.2) is 15.8 Å². The summed E-state index contributed by atoms with van der Waals surface area (Å²) in [7, 11) is 0. The second-order valence-electron chi connectivity index (χ2n) is 3.89. The molecule has 0 fully saturated rings. The highest BCUT2D eigenvalue weighted by atomic mass is 35.5. The zero-order chi connectivity index (χ0) is 11.7. The van der Waals surface area contributed by atoms with Gasteiger partial charge in [-0.1, -0.05) is 25.4 Å².